The molecular formula is C19H28N2O5S. The highest BCUT2D eigenvalue weighted by Crippen LogP contribution is 2.38. The zero-order chi connectivity index (χ0) is 19.8. The standard InChI is InChI=1S/C19H28N2O5S/c1-3-5-10-20-13(18(23)24)11-15(22)21-17-16(19(25)26-4-2)12-8-6-7-9-14(12)27-17/h13,20H,3-11H2,1-2H3,(H,21,22)(H,23,24)/t13-/m0/s1. The van der Waals surface area contributed by atoms with Gasteiger partial charge in [-0.05, 0) is 44.6 Å². The Hall–Kier alpha value is -1.93. The fraction of sp³-hybridized carbons (Fsp3) is 0.632. The van der Waals surface area contributed by atoms with E-state index in [1.165, 1.54) is 11.3 Å². The summed E-state index contributed by atoms with van der Waals surface area (Å²) in [7, 11) is 0. The quantitative estimate of drug-likeness (QED) is 0.445. The minimum Gasteiger partial charge on any atom is -0.544 e. The molecule has 2 rings (SSSR count). The highest BCUT2D eigenvalue weighted by molar-refractivity contribution is 7.17. The Labute approximate surface area is 163 Å². The summed E-state index contributed by atoms with van der Waals surface area (Å²) in [5, 5.41) is 16.2. The lowest BCUT2D eigenvalue weighted by Gasteiger charge is -2.16. The number of hydrogen-bond donors (Lipinski definition) is 2. The van der Waals surface area contributed by atoms with E-state index in [0.29, 0.717) is 17.1 Å². The van der Waals surface area contributed by atoms with Crippen molar-refractivity contribution >= 4 is 34.2 Å². The first-order valence-corrected chi connectivity index (χ1v) is 10.4. The summed E-state index contributed by atoms with van der Waals surface area (Å²) < 4.78 is 5.17. The lowest BCUT2D eigenvalue weighted by molar-refractivity contribution is -0.682. The highest BCUT2D eigenvalue weighted by atomic mass is 32.1. The van der Waals surface area contributed by atoms with Gasteiger partial charge >= 0.3 is 5.97 Å². The molecule has 0 fully saturated rings. The zero-order valence-electron chi connectivity index (χ0n) is 16.0. The molecule has 3 N–H and O–H groups in total. The van der Waals surface area contributed by atoms with Crippen molar-refractivity contribution in [1.29, 1.82) is 0 Å². The average molecular weight is 397 g/mol. The highest BCUT2D eigenvalue weighted by Gasteiger charge is 2.28. The molecule has 0 saturated heterocycles. The lowest BCUT2D eigenvalue weighted by atomic mass is 9.95. The summed E-state index contributed by atoms with van der Waals surface area (Å²) in [6.07, 6.45) is 5.36. The van der Waals surface area contributed by atoms with Crippen LogP contribution in [0.3, 0.4) is 0 Å². The van der Waals surface area contributed by atoms with Crippen molar-refractivity contribution in [3.8, 4) is 0 Å². The topological polar surface area (TPSA) is 112 Å². The van der Waals surface area contributed by atoms with Gasteiger partial charge in [0.25, 0.3) is 0 Å². The van der Waals surface area contributed by atoms with Crippen molar-refractivity contribution in [2.45, 2.75) is 64.8 Å². The number of aliphatic carboxylic acids is 1. The number of amides is 1. The maximum atomic E-state index is 12.4. The number of aryl methyl sites for hydroxylation is 1. The van der Waals surface area contributed by atoms with Gasteiger partial charge in [-0.1, -0.05) is 13.3 Å². The number of nitrogens with two attached hydrogens (primary N) is 1. The van der Waals surface area contributed by atoms with Crippen LogP contribution in [0.1, 0.15) is 66.8 Å². The van der Waals surface area contributed by atoms with Gasteiger partial charge in [0.2, 0.25) is 5.91 Å². The molecule has 8 heteroatoms. The molecule has 0 radical (unpaired) electrons. The van der Waals surface area contributed by atoms with Gasteiger partial charge in [0.1, 0.15) is 11.0 Å². The molecule has 0 aliphatic heterocycles. The van der Waals surface area contributed by atoms with Crippen molar-refractivity contribution in [3.63, 3.8) is 0 Å². The molecule has 0 spiro atoms. The molecule has 0 aromatic carbocycles. The van der Waals surface area contributed by atoms with Crippen molar-refractivity contribution in [3.05, 3.63) is 16.0 Å². The second-order valence-electron chi connectivity index (χ2n) is 6.69. The molecule has 1 atom stereocenters. The number of esters is 1. The molecule has 1 aromatic heterocycles. The second-order valence-corrected chi connectivity index (χ2v) is 7.80. The SMILES string of the molecule is CCCC[NH2+][C@@H](CC(=O)Nc1sc2c(c1C(=O)OCC)CCCC2)C(=O)[O-]. The Kier molecular flexibility index (Phi) is 8.24. The number of thiophene rings is 1. The Morgan fingerprint density at radius 3 is 2.67 bits per heavy atom. The molecule has 0 bridgehead atoms. The largest absolute Gasteiger partial charge is 0.544 e. The van der Waals surface area contributed by atoms with Crippen LogP contribution >= 0.6 is 11.3 Å². The van der Waals surface area contributed by atoms with Gasteiger partial charge in [-0.2, -0.15) is 0 Å². The van der Waals surface area contributed by atoms with Crippen LogP contribution in [0, 0.1) is 0 Å². The van der Waals surface area contributed by atoms with Gasteiger partial charge in [0.15, 0.2) is 0 Å². The van der Waals surface area contributed by atoms with E-state index in [4.69, 9.17) is 4.74 Å². The number of carboxylic acids is 1. The van der Waals surface area contributed by atoms with E-state index in [1.807, 2.05) is 6.92 Å². The number of carboxylic acid groups (broad SMARTS) is 1. The van der Waals surface area contributed by atoms with Crippen molar-refractivity contribution in [2.24, 2.45) is 0 Å². The predicted molar refractivity (Wildman–Crippen MR) is 101 cm³/mol. The van der Waals surface area contributed by atoms with Crippen LogP contribution in [0.2, 0.25) is 0 Å². The average Bonchev–Trinajstić information content (AvgIpc) is 2.98. The van der Waals surface area contributed by atoms with E-state index in [-0.39, 0.29) is 13.0 Å². The lowest BCUT2D eigenvalue weighted by Crippen LogP contribution is -2.93. The minimum absolute atomic E-state index is 0.198. The number of quaternary nitrogens is 1. The van der Waals surface area contributed by atoms with Gasteiger partial charge in [-0.3, -0.25) is 4.79 Å². The van der Waals surface area contributed by atoms with Crippen LogP contribution in [0.5, 0.6) is 0 Å². The summed E-state index contributed by atoms with van der Waals surface area (Å²) >= 11 is 1.40. The molecular weight excluding hydrogens is 368 g/mol. The molecule has 1 aliphatic rings. The number of carbonyl (C=O) groups excluding carboxylic acids is 3. The third-order valence-electron chi connectivity index (χ3n) is 4.62. The van der Waals surface area contributed by atoms with Gasteiger partial charge in [-0.25, -0.2) is 4.79 Å². The Morgan fingerprint density at radius 2 is 2.00 bits per heavy atom. The van der Waals surface area contributed by atoms with Crippen molar-refractivity contribution in [1.82, 2.24) is 0 Å². The summed E-state index contributed by atoms with van der Waals surface area (Å²) in [6, 6.07) is -0.933. The van der Waals surface area contributed by atoms with Crippen LogP contribution in [-0.4, -0.2) is 37.0 Å². The number of ether oxygens (including phenoxy) is 1. The summed E-state index contributed by atoms with van der Waals surface area (Å²) in [5.41, 5.74) is 1.40. The van der Waals surface area contributed by atoms with Crippen molar-refractivity contribution in [2.75, 3.05) is 18.5 Å². The van der Waals surface area contributed by atoms with Gasteiger partial charge in [-0.15, -0.1) is 11.3 Å². The third kappa shape index (κ3) is 5.77. The molecule has 27 heavy (non-hydrogen) atoms. The molecule has 1 aliphatic carbocycles. The van der Waals surface area contributed by atoms with E-state index in [9.17, 15) is 19.5 Å². The minimum atomic E-state index is -1.25. The van der Waals surface area contributed by atoms with E-state index >= 15 is 0 Å². The van der Waals surface area contributed by atoms with Crippen LogP contribution in [0.25, 0.3) is 0 Å². The monoisotopic (exact) mass is 396 g/mol. The van der Waals surface area contributed by atoms with Gasteiger partial charge < -0.3 is 25.3 Å². The molecule has 1 heterocycles. The number of unbranched alkanes of at least 4 members (excludes halogenated alkanes) is 1. The predicted octanol–water partition coefficient (Wildman–Crippen LogP) is 0.614. The molecule has 0 unspecified atom stereocenters. The number of hydrogen-bond acceptors (Lipinski definition) is 6. The maximum absolute atomic E-state index is 12.4. The molecule has 7 nitrogen and oxygen atoms in total. The number of anilines is 1. The summed E-state index contributed by atoms with van der Waals surface area (Å²) in [4.78, 5) is 37.3. The fourth-order valence-corrected chi connectivity index (χ4v) is 4.53. The summed E-state index contributed by atoms with van der Waals surface area (Å²) in [6.45, 7) is 4.65. The molecule has 1 aromatic rings. The number of fused-ring (bicyclic) bond motifs is 1. The third-order valence-corrected chi connectivity index (χ3v) is 5.83. The van der Waals surface area contributed by atoms with E-state index in [2.05, 4.69) is 5.32 Å². The zero-order valence-corrected chi connectivity index (χ0v) is 16.8. The normalized spacial score (nSPS) is 14.3. The van der Waals surface area contributed by atoms with E-state index in [1.54, 1.807) is 12.2 Å². The first-order chi connectivity index (χ1) is 13.0. The number of carbonyl (C=O) groups is 3. The summed E-state index contributed by atoms with van der Waals surface area (Å²) in [5.74, 6) is -2.11. The molecule has 1 amide bonds. The number of rotatable bonds is 10. The second kappa shape index (κ2) is 10.4. The van der Waals surface area contributed by atoms with Crippen LogP contribution in [0.15, 0.2) is 0 Å². The van der Waals surface area contributed by atoms with E-state index in [0.717, 1.165) is 49.0 Å². The van der Waals surface area contributed by atoms with Crippen LogP contribution in [-0.2, 0) is 27.2 Å². The van der Waals surface area contributed by atoms with Crippen LogP contribution in [0.4, 0.5) is 5.00 Å². The van der Waals surface area contributed by atoms with E-state index < -0.39 is 23.9 Å². The number of nitrogens with one attached hydrogen (secondary N) is 1. The van der Waals surface area contributed by atoms with Gasteiger partial charge in [0.05, 0.1) is 31.1 Å². The Balaban J connectivity index is 2.13. The van der Waals surface area contributed by atoms with Crippen molar-refractivity contribution < 1.29 is 29.5 Å². The fourth-order valence-electron chi connectivity index (χ4n) is 3.24. The molecule has 0 saturated carbocycles. The molecule has 150 valence electrons. The Bertz CT molecular complexity index is 686. The van der Waals surface area contributed by atoms with Gasteiger partial charge in [0, 0.05) is 4.88 Å². The van der Waals surface area contributed by atoms with Crippen LogP contribution < -0.4 is 15.7 Å². The first kappa shape index (κ1) is 21.4. The Morgan fingerprint density at radius 1 is 1.26 bits per heavy atom. The smallest absolute Gasteiger partial charge is 0.341 e. The maximum Gasteiger partial charge on any atom is 0.341 e. The first-order valence-electron chi connectivity index (χ1n) is 9.63.